The zero-order valence-electron chi connectivity index (χ0n) is 11.2. The van der Waals surface area contributed by atoms with E-state index in [9.17, 15) is 4.79 Å². The van der Waals surface area contributed by atoms with Crippen molar-refractivity contribution in [3.63, 3.8) is 0 Å². The van der Waals surface area contributed by atoms with Gasteiger partial charge in [0.25, 0.3) is 0 Å². The van der Waals surface area contributed by atoms with Crippen LogP contribution in [0.3, 0.4) is 0 Å². The normalized spacial score (nSPS) is 26.9. The van der Waals surface area contributed by atoms with Crippen LogP contribution in [-0.4, -0.2) is 23.4 Å². The van der Waals surface area contributed by atoms with Crippen LogP contribution in [0.4, 0.5) is 5.00 Å². The highest BCUT2D eigenvalue weighted by atomic mass is 32.1. The van der Waals surface area contributed by atoms with Gasteiger partial charge >= 0.3 is 0 Å². The topological polar surface area (TPSA) is 32.3 Å². The lowest BCUT2D eigenvalue weighted by Gasteiger charge is -2.36. The zero-order valence-corrected chi connectivity index (χ0v) is 12.0. The van der Waals surface area contributed by atoms with Gasteiger partial charge in [0, 0.05) is 25.1 Å². The van der Waals surface area contributed by atoms with Gasteiger partial charge < -0.3 is 5.32 Å². The Bertz CT molecular complexity index is 522. The van der Waals surface area contributed by atoms with Gasteiger partial charge in [-0.1, -0.05) is 12.8 Å². The summed E-state index contributed by atoms with van der Waals surface area (Å²) in [5.41, 5.74) is 2.80. The van der Waals surface area contributed by atoms with Crippen LogP contribution in [-0.2, 0) is 13.0 Å². The van der Waals surface area contributed by atoms with Crippen LogP contribution in [0, 0.1) is 0 Å². The molecule has 3 aliphatic rings. The number of carbonyl (C=O) groups excluding carboxylic acids is 1. The predicted octanol–water partition coefficient (Wildman–Crippen LogP) is 3.39. The second-order valence-electron chi connectivity index (χ2n) is 5.97. The Hall–Kier alpha value is -0.870. The fraction of sp³-hybridized carbons (Fsp3) is 0.667. The Balaban J connectivity index is 1.72. The average molecular weight is 276 g/mol. The van der Waals surface area contributed by atoms with Crippen molar-refractivity contribution >= 4 is 22.1 Å². The van der Waals surface area contributed by atoms with Gasteiger partial charge in [-0.15, -0.1) is 11.3 Å². The molecule has 1 aliphatic carbocycles. The highest BCUT2D eigenvalue weighted by Crippen LogP contribution is 2.42. The fourth-order valence-corrected chi connectivity index (χ4v) is 4.96. The van der Waals surface area contributed by atoms with E-state index in [2.05, 4.69) is 10.2 Å². The summed E-state index contributed by atoms with van der Waals surface area (Å²) in [5.74, 6) is 0.373. The molecule has 0 bridgehead atoms. The first-order chi connectivity index (χ1) is 9.33. The van der Waals surface area contributed by atoms with E-state index in [4.69, 9.17) is 0 Å². The highest BCUT2D eigenvalue weighted by Gasteiger charge is 2.33. The van der Waals surface area contributed by atoms with Crippen molar-refractivity contribution < 1.29 is 4.79 Å². The Kier molecular flexibility index (Phi) is 2.88. The number of anilines is 1. The van der Waals surface area contributed by atoms with E-state index < -0.39 is 0 Å². The molecule has 0 spiro atoms. The van der Waals surface area contributed by atoms with Gasteiger partial charge in [0.1, 0.15) is 0 Å². The number of hydrogen-bond donors (Lipinski definition) is 1. The molecule has 3 nitrogen and oxygen atoms in total. The van der Waals surface area contributed by atoms with Crippen molar-refractivity contribution in [2.24, 2.45) is 0 Å². The third-order valence-corrected chi connectivity index (χ3v) is 5.97. The molecule has 2 aliphatic heterocycles. The van der Waals surface area contributed by atoms with Crippen LogP contribution in [0.25, 0.3) is 0 Å². The number of nitrogens with zero attached hydrogens (tertiary/aromatic N) is 1. The summed E-state index contributed by atoms with van der Waals surface area (Å²) in [7, 11) is 0. The third kappa shape index (κ3) is 1.93. The summed E-state index contributed by atoms with van der Waals surface area (Å²) in [4.78, 5) is 15.7. The fourth-order valence-electron chi connectivity index (χ4n) is 3.69. The van der Waals surface area contributed by atoms with E-state index in [0.717, 1.165) is 30.7 Å². The molecule has 19 heavy (non-hydrogen) atoms. The van der Waals surface area contributed by atoms with Gasteiger partial charge in [-0.3, -0.25) is 9.69 Å². The maximum atomic E-state index is 12.0. The molecule has 0 saturated carbocycles. The Morgan fingerprint density at radius 1 is 1.11 bits per heavy atom. The van der Waals surface area contributed by atoms with E-state index in [1.807, 2.05) is 0 Å². The molecule has 1 atom stereocenters. The largest absolute Gasteiger partial charge is 0.361 e. The van der Waals surface area contributed by atoms with Crippen molar-refractivity contribution in [2.75, 3.05) is 11.9 Å². The number of fused-ring (bicyclic) bond motifs is 4. The van der Waals surface area contributed by atoms with E-state index >= 15 is 0 Å². The Morgan fingerprint density at radius 3 is 3.00 bits per heavy atom. The number of Topliss-reactive ketones (excluding diaryl/α,β-unsaturated/α-hetero) is 1. The van der Waals surface area contributed by atoms with E-state index in [0.29, 0.717) is 11.9 Å². The first kappa shape index (κ1) is 11.9. The van der Waals surface area contributed by atoms with Crippen LogP contribution < -0.4 is 5.32 Å². The van der Waals surface area contributed by atoms with E-state index in [-0.39, 0.29) is 0 Å². The van der Waals surface area contributed by atoms with Crippen molar-refractivity contribution in [3.05, 3.63) is 16.0 Å². The Morgan fingerprint density at radius 2 is 2.05 bits per heavy atom. The number of rotatable bonds is 0. The molecule has 0 amide bonds. The molecule has 1 aromatic rings. The van der Waals surface area contributed by atoms with Gasteiger partial charge in [0.2, 0.25) is 0 Å². The Labute approximate surface area is 118 Å². The van der Waals surface area contributed by atoms with Crippen molar-refractivity contribution in [2.45, 2.75) is 57.7 Å². The molecule has 1 saturated heterocycles. The molecule has 4 heteroatoms. The molecule has 1 aromatic heterocycles. The monoisotopic (exact) mass is 276 g/mol. The molecule has 1 fully saturated rings. The SMILES string of the molecule is O=C1CCCc2c1sc1c2CN2CCCCCC2N1. The number of hydrogen-bond acceptors (Lipinski definition) is 4. The first-order valence-corrected chi connectivity index (χ1v) is 8.33. The molecule has 0 aromatic carbocycles. The molecule has 1 N–H and O–H groups in total. The number of thiophene rings is 1. The third-order valence-electron chi connectivity index (χ3n) is 4.72. The molecule has 3 heterocycles. The maximum absolute atomic E-state index is 12.0. The van der Waals surface area contributed by atoms with Crippen LogP contribution in [0.15, 0.2) is 0 Å². The molecule has 1 unspecified atom stereocenters. The van der Waals surface area contributed by atoms with Gasteiger partial charge in [0.05, 0.1) is 16.0 Å². The van der Waals surface area contributed by atoms with Crippen LogP contribution >= 0.6 is 11.3 Å². The highest BCUT2D eigenvalue weighted by molar-refractivity contribution is 7.18. The summed E-state index contributed by atoms with van der Waals surface area (Å²) in [6.45, 7) is 2.27. The van der Waals surface area contributed by atoms with Crippen molar-refractivity contribution in [1.29, 1.82) is 0 Å². The maximum Gasteiger partial charge on any atom is 0.173 e. The predicted molar refractivity (Wildman–Crippen MR) is 77.9 cm³/mol. The summed E-state index contributed by atoms with van der Waals surface area (Å²) in [6.07, 6.45) is 8.65. The quantitative estimate of drug-likeness (QED) is 0.788. The summed E-state index contributed by atoms with van der Waals surface area (Å²) in [5, 5.41) is 5.00. The molecule has 102 valence electrons. The van der Waals surface area contributed by atoms with Gasteiger partial charge in [-0.25, -0.2) is 0 Å². The van der Waals surface area contributed by atoms with Crippen LogP contribution in [0.2, 0.25) is 0 Å². The van der Waals surface area contributed by atoms with Gasteiger partial charge in [-0.2, -0.15) is 0 Å². The lowest BCUT2D eigenvalue weighted by Crippen LogP contribution is -2.43. The lowest BCUT2D eigenvalue weighted by atomic mass is 9.93. The van der Waals surface area contributed by atoms with Crippen LogP contribution in [0.1, 0.15) is 59.3 Å². The number of nitrogens with one attached hydrogen (secondary N) is 1. The second kappa shape index (κ2) is 4.60. The minimum atomic E-state index is 0.373. The second-order valence-corrected chi connectivity index (χ2v) is 6.99. The van der Waals surface area contributed by atoms with E-state index in [1.54, 1.807) is 11.3 Å². The van der Waals surface area contributed by atoms with Crippen LogP contribution in [0.5, 0.6) is 0 Å². The number of ketones is 1. The zero-order chi connectivity index (χ0) is 12.8. The van der Waals surface area contributed by atoms with Crippen molar-refractivity contribution in [1.82, 2.24) is 4.90 Å². The number of carbonyl (C=O) groups is 1. The smallest absolute Gasteiger partial charge is 0.173 e. The average Bonchev–Trinajstić information content (AvgIpc) is 2.62. The summed E-state index contributed by atoms with van der Waals surface area (Å²) >= 11 is 1.72. The van der Waals surface area contributed by atoms with Gasteiger partial charge in [-0.05, 0) is 31.2 Å². The summed E-state index contributed by atoms with van der Waals surface area (Å²) in [6, 6.07) is 0. The standard InChI is InChI=1S/C15H20N2OS/c18-12-6-4-5-10-11-9-17-8-3-1-2-7-13(17)16-15(11)19-14(10)12/h13,16H,1-9H2. The first-order valence-electron chi connectivity index (χ1n) is 7.51. The minimum Gasteiger partial charge on any atom is -0.361 e. The molecule has 0 radical (unpaired) electrons. The molecular weight excluding hydrogens is 256 g/mol. The van der Waals surface area contributed by atoms with E-state index in [1.165, 1.54) is 48.4 Å². The van der Waals surface area contributed by atoms with Gasteiger partial charge in [0.15, 0.2) is 5.78 Å². The van der Waals surface area contributed by atoms with Crippen molar-refractivity contribution in [3.8, 4) is 0 Å². The molecular formula is C15H20N2OS. The summed E-state index contributed by atoms with van der Waals surface area (Å²) < 4.78 is 0. The minimum absolute atomic E-state index is 0.373. The lowest BCUT2D eigenvalue weighted by molar-refractivity contribution is 0.0976. The molecule has 4 rings (SSSR count).